The third kappa shape index (κ3) is 3.79. The number of benzene rings is 1. The van der Waals surface area contributed by atoms with Gasteiger partial charge in [0, 0.05) is 19.7 Å². The van der Waals surface area contributed by atoms with E-state index in [1.807, 2.05) is 30.3 Å². The molecular formula is C18H25N3O5. The third-order valence-corrected chi connectivity index (χ3v) is 4.70. The second-order valence-electron chi connectivity index (χ2n) is 6.73. The van der Waals surface area contributed by atoms with Gasteiger partial charge in [-0.05, 0) is 6.92 Å². The Morgan fingerprint density at radius 1 is 1.27 bits per heavy atom. The minimum atomic E-state index is -1.21. The fourth-order valence-corrected chi connectivity index (χ4v) is 2.98. The second-order valence-corrected chi connectivity index (χ2v) is 6.73. The summed E-state index contributed by atoms with van der Waals surface area (Å²) in [6.07, 6.45) is -4.05. The van der Waals surface area contributed by atoms with Crippen molar-refractivity contribution in [3.63, 3.8) is 0 Å². The van der Waals surface area contributed by atoms with E-state index < -0.39 is 42.7 Å². The smallest absolute Gasteiger partial charge is 0.279 e. The Bertz CT molecular complexity index is 664. The minimum Gasteiger partial charge on any atom is -0.388 e. The van der Waals surface area contributed by atoms with Gasteiger partial charge in [-0.1, -0.05) is 30.3 Å². The van der Waals surface area contributed by atoms with E-state index in [9.17, 15) is 9.90 Å². The van der Waals surface area contributed by atoms with E-state index in [-0.39, 0.29) is 6.61 Å². The number of hydrogen-bond donors (Lipinski definition) is 2. The van der Waals surface area contributed by atoms with Crippen molar-refractivity contribution in [3.05, 3.63) is 35.9 Å². The van der Waals surface area contributed by atoms with Crippen LogP contribution < -0.4 is 5.73 Å². The molecular weight excluding hydrogens is 338 g/mol. The normalized spacial score (nSPS) is 34.9. The Balaban J connectivity index is 1.72. The van der Waals surface area contributed by atoms with Crippen molar-refractivity contribution in [2.24, 2.45) is 10.7 Å². The van der Waals surface area contributed by atoms with E-state index in [0.29, 0.717) is 5.84 Å². The molecule has 0 aliphatic carbocycles. The Labute approximate surface area is 152 Å². The predicted octanol–water partition coefficient (Wildman–Crippen LogP) is 0.0628. The molecule has 1 aromatic rings. The van der Waals surface area contributed by atoms with E-state index in [0.717, 1.165) is 5.56 Å². The lowest BCUT2D eigenvalue weighted by Gasteiger charge is -2.46. The first-order valence-electron chi connectivity index (χ1n) is 8.56. The van der Waals surface area contributed by atoms with E-state index in [2.05, 4.69) is 4.99 Å². The van der Waals surface area contributed by atoms with Crippen molar-refractivity contribution >= 4 is 11.7 Å². The van der Waals surface area contributed by atoms with Gasteiger partial charge in [0.1, 0.15) is 24.1 Å². The summed E-state index contributed by atoms with van der Waals surface area (Å²) in [4.78, 5) is 18.1. The molecule has 1 unspecified atom stereocenters. The lowest BCUT2D eigenvalue weighted by atomic mass is 9.92. The Morgan fingerprint density at radius 2 is 1.96 bits per heavy atom. The Morgan fingerprint density at radius 3 is 2.62 bits per heavy atom. The number of carbonyl (C=O) groups excluding carboxylic acids is 1. The number of rotatable bonds is 2. The van der Waals surface area contributed by atoms with Crippen molar-refractivity contribution in [2.75, 3.05) is 20.7 Å². The summed E-state index contributed by atoms with van der Waals surface area (Å²) in [6.45, 7) is 1.91. The topological polar surface area (TPSA) is 107 Å². The van der Waals surface area contributed by atoms with E-state index in [1.165, 1.54) is 0 Å². The molecule has 0 spiro atoms. The Kier molecular flexibility index (Phi) is 5.69. The second kappa shape index (κ2) is 7.81. The van der Waals surface area contributed by atoms with Crippen LogP contribution >= 0.6 is 0 Å². The van der Waals surface area contributed by atoms with Gasteiger partial charge in [0.05, 0.1) is 12.6 Å². The number of fused-ring (bicyclic) bond motifs is 1. The summed E-state index contributed by atoms with van der Waals surface area (Å²) in [5, 5.41) is 10.5. The van der Waals surface area contributed by atoms with Crippen LogP contribution in [0, 0.1) is 0 Å². The van der Waals surface area contributed by atoms with Gasteiger partial charge in [0.2, 0.25) is 0 Å². The average Bonchev–Trinajstić information content (AvgIpc) is 2.64. The van der Waals surface area contributed by atoms with E-state index >= 15 is 0 Å². The van der Waals surface area contributed by atoms with Gasteiger partial charge in [-0.3, -0.25) is 4.79 Å². The summed E-state index contributed by atoms with van der Waals surface area (Å²) in [6, 6.07) is 8.68. The Hall–Kier alpha value is -1.84. The molecule has 3 N–H and O–H groups in total. The molecule has 26 heavy (non-hydrogen) atoms. The maximum absolute atomic E-state index is 12.4. The molecule has 0 radical (unpaired) electrons. The summed E-state index contributed by atoms with van der Waals surface area (Å²) < 4.78 is 17.4. The fraction of sp³-hybridized carbons (Fsp3) is 0.556. The molecule has 8 heteroatoms. The van der Waals surface area contributed by atoms with Gasteiger partial charge < -0.3 is 30.0 Å². The zero-order valence-corrected chi connectivity index (χ0v) is 15.1. The van der Waals surface area contributed by atoms with Crippen LogP contribution in [0.15, 0.2) is 35.3 Å². The lowest BCUT2D eigenvalue weighted by Crippen LogP contribution is -2.66. The van der Waals surface area contributed by atoms with Crippen LogP contribution in [-0.2, 0) is 19.0 Å². The van der Waals surface area contributed by atoms with Crippen molar-refractivity contribution in [1.82, 2.24) is 4.90 Å². The molecule has 2 fully saturated rings. The van der Waals surface area contributed by atoms with Crippen molar-refractivity contribution in [3.8, 4) is 0 Å². The van der Waals surface area contributed by atoms with Crippen LogP contribution in [0.25, 0.3) is 0 Å². The van der Waals surface area contributed by atoms with Gasteiger partial charge in [0.15, 0.2) is 12.4 Å². The van der Waals surface area contributed by atoms with Gasteiger partial charge in [0.25, 0.3) is 5.91 Å². The third-order valence-electron chi connectivity index (χ3n) is 4.70. The van der Waals surface area contributed by atoms with Gasteiger partial charge in [-0.2, -0.15) is 4.99 Å². The average molecular weight is 363 g/mol. The van der Waals surface area contributed by atoms with Crippen LogP contribution in [0.3, 0.4) is 0 Å². The molecule has 1 aromatic carbocycles. The standard InChI is InChI=1S/C18H25N3O5/c1-10(21(2)3)20-17(23)16-14(22)13(19)15-12(25-16)9-24-18(26-15)11-7-5-4-6-8-11/h4-8,12-16,18,22H,9,19H2,1-3H3/t12-,13-,14-,15+,16-,18?/m1/s1. The first kappa shape index (κ1) is 18.9. The molecule has 6 atom stereocenters. The summed E-state index contributed by atoms with van der Waals surface area (Å²) in [7, 11) is 3.55. The SMILES string of the molecule is CC(=NC(=O)[C@@H]1O[C@@H]2COC(c3ccccc3)O[C@@H]2[C@H](N)[C@H]1O)N(C)C. The highest BCUT2D eigenvalue weighted by molar-refractivity contribution is 5.95. The molecule has 1 amide bonds. The monoisotopic (exact) mass is 363 g/mol. The molecule has 0 saturated carbocycles. The van der Waals surface area contributed by atoms with Crippen LogP contribution in [0.1, 0.15) is 18.8 Å². The highest BCUT2D eigenvalue weighted by Crippen LogP contribution is 2.33. The number of aliphatic imine (C=N–C) groups is 1. The fourth-order valence-electron chi connectivity index (χ4n) is 2.98. The molecule has 0 bridgehead atoms. The molecule has 3 rings (SSSR count). The lowest BCUT2D eigenvalue weighted by molar-refractivity contribution is -0.302. The molecule has 2 aliphatic rings. The largest absolute Gasteiger partial charge is 0.388 e. The number of hydrogen-bond acceptors (Lipinski definition) is 6. The molecule has 2 aliphatic heterocycles. The number of ether oxygens (including phenoxy) is 3. The number of amides is 1. The molecule has 2 saturated heterocycles. The molecule has 0 aromatic heterocycles. The van der Waals surface area contributed by atoms with Crippen LogP contribution in [0.5, 0.6) is 0 Å². The van der Waals surface area contributed by atoms with E-state index in [4.69, 9.17) is 19.9 Å². The summed E-state index contributed by atoms with van der Waals surface area (Å²) in [5.41, 5.74) is 7.03. The predicted molar refractivity (Wildman–Crippen MR) is 94.5 cm³/mol. The number of carbonyl (C=O) groups is 1. The highest BCUT2D eigenvalue weighted by atomic mass is 16.7. The first-order valence-corrected chi connectivity index (χ1v) is 8.56. The zero-order chi connectivity index (χ0) is 18.8. The van der Waals surface area contributed by atoms with Crippen molar-refractivity contribution < 1.29 is 24.1 Å². The van der Waals surface area contributed by atoms with Gasteiger partial charge >= 0.3 is 0 Å². The van der Waals surface area contributed by atoms with Crippen LogP contribution in [-0.4, -0.2) is 72.9 Å². The van der Waals surface area contributed by atoms with E-state index in [1.54, 1.807) is 25.9 Å². The van der Waals surface area contributed by atoms with Gasteiger partial charge in [-0.15, -0.1) is 0 Å². The summed E-state index contributed by atoms with van der Waals surface area (Å²) in [5.74, 6) is -0.0513. The zero-order valence-electron chi connectivity index (χ0n) is 15.1. The maximum atomic E-state index is 12.4. The van der Waals surface area contributed by atoms with Crippen LogP contribution in [0.4, 0.5) is 0 Å². The highest BCUT2D eigenvalue weighted by Gasteiger charge is 2.50. The van der Waals surface area contributed by atoms with Crippen molar-refractivity contribution in [2.45, 2.75) is 43.7 Å². The van der Waals surface area contributed by atoms with Crippen molar-refractivity contribution in [1.29, 1.82) is 0 Å². The number of nitrogens with zero attached hydrogens (tertiary/aromatic N) is 2. The molecule has 2 heterocycles. The first-order chi connectivity index (χ1) is 12.4. The van der Waals surface area contributed by atoms with Crippen LogP contribution in [0.2, 0.25) is 0 Å². The molecule has 142 valence electrons. The van der Waals surface area contributed by atoms with Gasteiger partial charge in [-0.25, -0.2) is 0 Å². The number of aliphatic hydroxyl groups is 1. The quantitative estimate of drug-likeness (QED) is 0.565. The molecule has 8 nitrogen and oxygen atoms in total. The maximum Gasteiger partial charge on any atom is 0.279 e. The minimum absolute atomic E-state index is 0.213. The number of aliphatic hydroxyl groups excluding tert-OH is 1. The number of amidine groups is 1. The number of nitrogens with two attached hydrogens (primary N) is 1. The summed E-state index contributed by atoms with van der Waals surface area (Å²) >= 11 is 0.